The van der Waals surface area contributed by atoms with Crippen LogP contribution in [0.4, 0.5) is 24.5 Å². The Morgan fingerprint density at radius 3 is 2.61 bits per heavy atom. The monoisotopic (exact) mass is 392 g/mol. The van der Waals surface area contributed by atoms with Crippen LogP contribution in [0.5, 0.6) is 11.5 Å². The van der Waals surface area contributed by atoms with Crippen molar-refractivity contribution in [2.24, 2.45) is 5.11 Å². The van der Waals surface area contributed by atoms with Crippen molar-refractivity contribution in [3.05, 3.63) is 58.5 Å². The summed E-state index contributed by atoms with van der Waals surface area (Å²) in [6, 6.07) is 8.53. The second kappa shape index (κ2) is 6.90. The van der Waals surface area contributed by atoms with Crippen molar-refractivity contribution < 1.29 is 27.8 Å². The molecule has 0 aliphatic carbocycles. The predicted octanol–water partition coefficient (Wildman–Crippen LogP) is 4.39. The first kappa shape index (κ1) is 18.4. The zero-order valence-corrected chi connectivity index (χ0v) is 14.4. The zero-order chi connectivity index (χ0) is 19.9. The van der Waals surface area contributed by atoms with Gasteiger partial charge in [-0.15, -0.1) is 0 Å². The molecule has 2 heterocycles. The maximum absolute atomic E-state index is 13.1. The standard InChI is InChI=1S/C18H15F3N4O3/c19-18(20,21)10-5-6-13-16(7-10)28-15-4-2-1-3-12(15)25(13)14-9-27-8-11(17(14)26)23-24-22/h1-7,11,14,17,26H,8-9H2/t11?,14-,17-/m0/s1. The first-order valence-corrected chi connectivity index (χ1v) is 8.47. The van der Waals surface area contributed by atoms with E-state index in [9.17, 15) is 18.3 Å². The number of halogens is 3. The van der Waals surface area contributed by atoms with Crippen molar-refractivity contribution >= 4 is 11.4 Å². The quantitative estimate of drug-likeness (QED) is 0.466. The Balaban J connectivity index is 1.82. The molecule has 2 aliphatic heterocycles. The number of benzene rings is 2. The maximum atomic E-state index is 13.1. The summed E-state index contributed by atoms with van der Waals surface area (Å²) in [6.45, 7) is 0.168. The van der Waals surface area contributed by atoms with Crippen molar-refractivity contribution in [1.29, 1.82) is 0 Å². The number of fused-ring (bicyclic) bond motifs is 2. The summed E-state index contributed by atoms with van der Waals surface area (Å²) >= 11 is 0. The third kappa shape index (κ3) is 3.11. The average Bonchev–Trinajstić information content (AvgIpc) is 2.67. The van der Waals surface area contributed by atoms with Crippen molar-refractivity contribution in [2.45, 2.75) is 24.4 Å². The molecular weight excluding hydrogens is 377 g/mol. The van der Waals surface area contributed by atoms with Gasteiger partial charge < -0.3 is 19.5 Å². The fraction of sp³-hybridized carbons (Fsp3) is 0.333. The molecular formula is C18H15F3N4O3. The Morgan fingerprint density at radius 2 is 1.86 bits per heavy atom. The molecule has 2 aliphatic rings. The molecule has 3 atom stereocenters. The maximum Gasteiger partial charge on any atom is 0.416 e. The van der Waals surface area contributed by atoms with E-state index in [1.165, 1.54) is 6.07 Å². The number of azide groups is 1. The molecule has 4 rings (SSSR count). The number of anilines is 2. The van der Waals surface area contributed by atoms with Crippen molar-refractivity contribution in [3.63, 3.8) is 0 Å². The van der Waals surface area contributed by atoms with Gasteiger partial charge in [-0.1, -0.05) is 17.2 Å². The van der Waals surface area contributed by atoms with Crippen LogP contribution in [0.2, 0.25) is 0 Å². The summed E-state index contributed by atoms with van der Waals surface area (Å²) in [5, 5.41) is 14.3. The molecule has 0 radical (unpaired) electrons. The number of rotatable bonds is 2. The van der Waals surface area contributed by atoms with Gasteiger partial charge in [0.25, 0.3) is 0 Å². The SMILES string of the molecule is [N-]=[N+]=NC1COC[C@H](N2c3ccccc3Oc3cc(C(F)(F)F)ccc32)[C@H]1O. The minimum absolute atomic E-state index is 0.0200. The van der Waals surface area contributed by atoms with E-state index in [-0.39, 0.29) is 19.0 Å². The summed E-state index contributed by atoms with van der Waals surface area (Å²) in [6.07, 6.45) is -5.59. The topological polar surface area (TPSA) is 90.7 Å². The van der Waals surface area contributed by atoms with Gasteiger partial charge in [-0.05, 0) is 35.9 Å². The molecule has 0 spiro atoms. The van der Waals surface area contributed by atoms with Crippen LogP contribution in [0, 0.1) is 0 Å². The van der Waals surface area contributed by atoms with Crippen LogP contribution in [0.3, 0.4) is 0 Å². The van der Waals surface area contributed by atoms with Crippen LogP contribution in [0.1, 0.15) is 5.56 Å². The summed E-state index contributed by atoms with van der Waals surface area (Å²) in [7, 11) is 0. The molecule has 10 heteroatoms. The van der Waals surface area contributed by atoms with Crippen LogP contribution in [-0.4, -0.2) is 36.5 Å². The molecule has 0 aromatic heterocycles. The number of alkyl halides is 3. The third-order valence-corrected chi connectivity index (χ3v) is 4.79. The van der Waals surface area contributed by atoms with Crippen LogP contribution >= 0.6 is 0 Å². The lowest BCUT2D eigenvalue weighted by atomic mass is 9.98. The first-order chi connectivity index (χ1) is 13.4. The van der Waals surface area contributed by atoms with Gasteiger partial charge in [0.15, 0.2) is 11.5 Å². The highest BCUT2D eigenvalue weighted by molar-refractivity contribution is 5.79. The molecule has 0 amide bonds. The molecule has 1 unspecified atom stereocenters. The molecule has 2 aromatic rings. The third-order valence-electron chi connectivity index (χ3n) is 4.79. The van der Waals surface area contributed by atoms with E-state index in [0.29, 0.717) is 17.1 Å². The van der Waals surface area contributed by atoms with Gasteiger partial charge in [0, 0.05) is 4.91 Å². The lowest BCUT2D eigenvalue weighted by Crippen LogP contribution is -2.54. The highest BCUT2D eigenvalue weighted by atomic mass is 19.4. The molecule has 146 valence electrons. The smallest absolute Gasteiger partial charge is 0.416 e. The van der Waals surface area contributed by atoms with E-state index < -0.39 is 29.9 Å². The van der Waals surface area contributed by atoms with Gasteiger partial charge >= 0.3 is 6.18 Å². The van der Waals surface area contributed by atoms with Gasteiger partial charge in [-0.3, -0.25) is 0 Å². The van der Waals surface area contributed by atoms with Gasteiger partial charge in [-0.2, -0.15) is 13.2 Å². The summed E-state index contributed by atoms with van der Waals surface area (Å²) in [5.74, 6) is 0.374. The lowest BCUT2D eigenvalue weighted by molar-refractivity contribution is -0.137. The Labute approximate surface area is 157 Å². The second-order valence-electron chi connectivity index (χ2n) is 6.49. The fourth-order valence-corrected chi connectivity index (χ4v) is 3.48. The number of hydrogen-bond acceptors (Lipinski definition) is 5. The molecule has 1 fully saturated rings. The van der Waals surface area contributed by atoms with E-state index in [4.69, 9.17) is 15.0 Å². The summed E-state index contributed by atoms with van der Waals surface area (Å²) in [5.41, 5.74) is 8.81. The van der Waals surface area contributed by atoms with E-state index in [1.54, 1.807) is 29.2 Å². The Kier molecular flexibility index (Phi) is 4.54. The van der Waals surface area contributed by atoms with Crippen molar-refractivity contribution in [1.82, 2.24) is 0 Å². The molecule has 0 bridgehead atoms. The molecule has 1 N–H and O–H groups in total. The number of aliphatic hydroxyl groups is 1. The number of aliphatic hydroxyl groups excluding tert-OH is 1. The van der Waals surface area contributed by atoms with Gasteiger partial charge in [0.1, 0.15) is 0 Å². The first-order valence-electron chi connectivity index (χ1n) is 8.47. The van der Waals surface area contributed by atoms with Crippen molar-refractivity contribution in [2.75, 3.05) is 18.1 Å². The minimum Gasteiger partial charge on any atom is -0.453 e. The number of nitrogens with zero attached hydrogens (tertiary/aromatic N) is 4. The number of hydrogen-bond donors (Lipinski definition) is 1. The normalized spacial score (nSPS) is 23.9. The predicted molar refractivity (Wildman–Crippen MR) is 93.6 cm³/mol. The Morgan fingerprint density at radius 1 is 1.11 bits per heavy atom. The lowest BCUT2D eigenvalue weighted by Gasteiger charge is -2.43. The Bertz CT molecular complexity index is 946. The molecule has 0 saturated carbocycles. The van der Waals surface area contributed by atoms with Gasteiger partial charge in [0.05, 0.1) is 48.3 Å². The average molecular weight is 392 g/mol. The highest BCUT2D eigenvalue weighted by Gasteiger charge is 2.41. The van der Waals surface area contributed by atoms with Crippen LogP contribution in [0.25, 0.3) is 10.4 Å². The summed E-state index contributed by atoms with van der Waals surface area (Å²) < 4.78 is 50.6. The van der Waals surface area contributed by atoms with Gasteiger partial charge in [-0.25, -0.2) is 0 Å². The zero-order valence-electron chi connectivity index (χ0n) is 14.4. The fourth-order valence-electron chi connectivity index (χ4n) is 3.48. The van der Waals surface area contributed by atoms with E-state index in [1.807, 2.05) is 0 Å². The van der Waals surface area contributed by atoms with Crippen LogP contribution in [0.15, 0.2) is 47.6 Å². The van der Waals surface area contributed by atoms with Crippen LogP contribution < -0.4 is 9.64 Å². The molecule has 2 aromatic carbocycles. The van der Waals surface area contributed by atoms with E-state index >= 15 is 0 Å². The molecule has 28 heavy (non-hydrogen) atoms. The highest BCUT2D eigenvalue weighted by Crippen LogP contribution is 2.49. The van der Waals surface area contributed by atoms with Crippen LogP contribution in [-0.2, 0) is 10.9 Å². The Hall–Kier alpha value is -2.94. The van der Waals surface area contributed by atoms with Gasteiger partial charge in [0.2, 0.25) is 0 Å². The summed E-state index contributed by atoms with van der Waals surface area (Å²) in [4.78, 5) is 4.41. The number of para-hydroxylation sites is 2. The number of ether oxygens (including phenoxy) is 2. The van der Waals surface area contributed by atoms with Crippen molar-refractivity contribution in [3.8, 4) is 11.5 Å². The van der Waals surface area contributed by atoms with E-state index in [2.05, 4.69) is 10.0 Å². The molecule has 1 saturated heterocycles. The van der Waals surface area contributed by atoms with E-state index in [0.717, 1.165) is 12.1 Å². The largest absolute Gasteiger partial charge is 0.453 e. The molecule has 7 nitrogen and oxygen atoms in total. The second-order valence-corrected chi connectivity index (χ2v) is 6.49. The minimum atomic E-state index is -4.51.